The molecular formula is C22H22N2O5S2. The van der Waals surface area contributed by atoms with Gasteiger partial charge in [0.2, 0.25) is 0 Å². The molecule has 1 aliphatic heterocycles. The molecule has 2 aliphatic carbocycles. The van der Waals surface area contributed by atoms with Crippen LogP contribution in [-0.2, 0) is 23.7 Å². The predicted octanol–water partition coefficient (Wildman–Crippen LogP) is 4.27. The van der Waals surface area contributed by atoms with Gasteiger partial charge in [-0.3, -0.25) is 4.79 Å². The molecule has 2 saturated carbocycles. The molecule has 0 spiro atoms. The summed E-state index contributed by atoms with van der Waals surface area (Å²) in [7, 11) is -4.58. The van der Waals surface area contributed by atoms with Crippen LogP contribution < -0.4 is 0 Å². The number of rotatable bonds is 5. The van der Waals surface area contributed by atoms with E-state index in [9.17, 15) is 18.5 Å². The lowest BCUT2D eigenvalue weighted by molar-refractivity contribution is -0.137. The Morgan fingerprint density at radius 1 is 1.32 bits per heavy atom. The summed E-state index contributed by atoms with van der Waals surface area (Å²) in [6, 6.07) is 9.58. The van der Waals surface area contributed by atoms with Crippen LogP contribution in [0.4, 0.5) is 0 Å². The third-order valence-corrected chi connectivity index (χ3v) is 8.22. The Kier molecular flexibility index (Phi) is 5.36. The Morgan fingerprint density at radius 3 is 2.68 bits per heavy atom. The van der Waals surface area contributed by atoms with Gasteiger partial charge in [0.1, 0.15) is 6.07 Å². The van der Waals surface area contributed by atoms with E-state index in [2.05, 4.69) is 11.2 Å². The number of oxime groups is 1. The summed E-state index contributed by atoms with van der Waals surface area (Å²) >= 11 is 1.14. The number of carbonyl (C=O) groups is 1. The molecule has 2 unspecified atom stereocenters. The van der Waals surface area contributed by atoms with E-state index < -0.39 is 21.4 Å². The van der Waals surface area contributed by atoms with Gasteiger partial charge in [-0.2, -0.15) is 13.7 Å². The van der Waals surface area contributed by atoms with Crippen LogP contribution in [0, 0.1) is 29.6 Å². The number of nitrogens with zero attached hydrogens (tertiary/aromatic N) is 2. The second-order valence-electron chi connectivity index (χ2n) is 8.51. The zero-order valence-corrected chi connectivity index (χ0v) is 19.0. The van der Waals surface area contributed by atoms with Crippen LogP contribution in [0.5, 0.6) is 0 Å². The summed E-state index contributed by atoms with van der Waals surface area (Å²) in [4.78, 5) is 12.5. The molecule has 4 rings (SSSR count). The van der Waals surface area contributed by atoms with E-state index in [0.29, 0.717) is 24.0 Å². The van der Waals surface area contributed by atoms with E-state index in [-0.39, 0.29) is 16.7 Å². The van der Waals surface area contributed by atoms with Crippen molar-refractivity contribution in [3.8, 4) is 6.07 Å². The van der Waals surface area contributed by atoms with Gasteiger partial charge in [0.05, 0.1) is 5.57 Å². The second-order valence-corrected chi connectivity index (χ2v) is 10.5. The highest BCUT2D eigenvalue weighted by atomic mass is 32.3. The molecule has 162 valence electrons. The van der Waals surface area contributed by atoms with Gasteiger partial charge in [-0.05, 0) is 48.3 Å². The lowest BCUT2D eigenvalue weighted by Crippen LogP contribution is -2.47. The minimum Gasteiger partial charge on any atom is -0.296 e. The molecule has 1 heterocycles. The van der Waals surface area contributed by atoms with Crippen LogP contribution in [0.15, 0.2) is 46.5 Å². The van der Waals surface area contributed by atoms with Crippen molar-refractivity contribution in [2.24, 2.45) is 16.5 Å². The molecule has 1 aromatic carbocycles. The van der Waals surface area contributed by atoms with Crippen molar-refractivity contribution in [1.82, 2.24) is 0 Å². The van der Waals surface area contributed by atoms with Gasteiger partial charge in [0, 0.05) is 17.4 Å². The maximum atomic E-state index is 12.6. The topological polar surface area (TPSA) is 106 Å². The van der Waals surface area contributed by atoms with Gasteiger partial charge in [-0.15, -0.1) is 0 Å². The first-order valence-corrected chi connectivity index (χ1v) is 12.1. The largest absolute Gasteiger partial charge is 0.470 e. The SMILES string of the molecule is Cc1ccccc1/C(C#N)=C1\C=CS\C1=N/OS(=O)(=O)OC12CCC(CC1=O)C2(C)C. The standard InChI is InChI=1S/C22H22N2O5S2/c1-14-6-4-5-7-16(14)18(13-23)17-9-11-30-20(17)24-29-31(26,27)28-22-10-8-15(12-19(22)25)21(22,2)3/h4-7,9,11,15H,8,10,12H2,1-3H3/b18-17+,24-20-. The first kappa shape index (κ1) is 21.8. The number of carbonyl (C=O) groups excluding carboxylic acids is 1. The monoisotopic (exact) mass is 458 g/mol. The molecule has 2 atom stereocenters. The molecular weight excluding hydrogens is 436 g/mol. The van der Waals surface area contributed by atoms with E-state index in [4.69, 9.17) is 8.47 Å². The fourth-order valence-corrected chi connectivity index (χ4v) is 6.47. The number of allylic oxidation sites excluding steroid dienone is 2. The van der Waals surface area contributed by atoms with Crippen LogP contribution in [0.1, 0.15) is 44.2 Å². The van der Waals surface area contributed by atoms with Gasteiger partial charge in [-0.25, -0.2) is 8.47 Å². The number of ketones is 1. The van der Waals surface area contributed by atoms with Crippen LogP contribution in [0.3, 0.4) is 0 Å². The Labute approximate surface area is 186 Å². The average Bonchev–Trinajstić information content (AvgIpc) is 3.31. The number of hydrogen-bond donors (Lipinski definition) is 0. The number of hydrogen-bond acceptors (Lipinski definition) is 8. The maximum Gasteiger partial charge on any atom is 0.470 e. The molecule has 31 heavy (non-hydrogen) atoms. The van der Waals surface area contributed by atoms with E-state index in [1.165, 1.54) is 0 Å². The number of fused-ring (bicyclic) bond motifs is 2. The van der Waals surface area contributed by atoms with Crippen LogP contribution in [-0.4, -0.2) is 24.8 Å². The van der Waals surface area contributed by atoms with Crippen molar-refractivity contribution < 1.29 is 21.7 Å². The highest BCUT2D eigenvalue weighted by Gasteiger charge is 2.67. The van der Waals surface area contributed by atoms with Crippen LogP contribution >= 0.6 is 11.8 Å². The van der Waals surface area contributed by atoms with E-state index in [0.717, 1.165) is 29.3 Å². The van der Waals surface area contributed by atoms with Crippen molar-refractivity contribution in [2.45, 2.75) is 45.6 Å². The average molecular weight is 459 g/mol. The zero-order valence-electron chi connectivity index (χ0n) is 17.4. The van der Waals surface area contributed by atoms with Gasteiger partial charge in [-0.1, -0.05) is 55.0 Å². The molecule has 3 aliphatic rings. The van der Waals surface area contributed by atoms with Crippen LogP contribution in [0.2, 0.25) is 0 Å². The molecule has 9 heteroatoms. The van der Waals surface area contributed by atoms with Crippen molar-refractivity contribution >= 4 is 38.6 Å². The molecule has 0 saturated heterocycles. The lowest BCUT2D eigenvalue weighted by atomic mass is 9.79. The van der Waals surface area contributed by atoms with Gasteiger partial charge in [0.25, 0.3) is 0 Å². The maximum absolute atomic E-state index is 12.6. The molecule has 2 fully saturated rings. The minimum absolute atomic E-state index is 0.0953. The van der Waals surface area contributed by atoms with Crippen molar-refractivity contribution in [3.05, 3.63) is 52.4 Å². The Morgan fingerprint density at radius 2 is 2.06 bits per heavy atom. The number of benzene rings is 1. The summed E-state index contributed by atoms with van der Waals surface area (Å²) in [6.07, 6.45) is 3.08. The van der Waals surface area contributed by atoms with Crippen molar-refractivity contribution in [2.75, 3.05) is 0 Å². The summed E-state index contributed by atoms with van der Waals surface area (Å²) < 4.78 is 35.4. The zero-order chi connectivity index (χ0) is 22.4. The smallest absolute Gasteiger partial charge is 0.296 e. The second kappa shape index (κ2) is 7.62. The summed E-state index contributed by atoms with van der Waals surface area (Å²) in [5.41, 5.74) is 0.465. The van der Waals surface area contributed by atoms with E-state index in [1.54, 1.807) is 11.5 Å². The molecule has 0 amide bonds. The molecule has 0 N–H and O–H groups in total. The molecule has 1 aromatic rings. The van der Waals surface area contributed by atoms with Gasteiger partial charge >= 0.3 is 10.4 Å². The summed E-state index contributed by atoms with van der Waals surface area (Å²) in [6.45, 7) is 5.60. The van der Waals surface area contributed by atoms with Gasteiger partial charge in [0.15, 0.2) is 16.4 Å². The fourth-order valence-electron chi connectivity index (χ4n) is 4.78. The Bertz CT molecular complexity index is 1190. The highest BCUT2D eigenvalue weighted by Crippen LogP contribution is 2.60. The highest BCUT2D eigenvalue weighted by molar-refractivity contribution is 8.17. The summed E-state index contributed by atoms with van der Waals surface area (Å²) in [5.74, 6) is -0.115. The predicted molar refractivity (Wildman–Crippen MR) is 118 cm³/mol. The lowest BCUT2D eigenvalue weighted by Gasteiger charge is -2.34. The van der Waals surface area contributed by atoms with Crippen LogP contribution in [0.25, 0.3) is 5.57 Å². The minimum atomic E-state index is -4.58. The first-order valence-electron chi connectivity index (χ1n) is 9.91. The third kappa shape index (κ3) is 3.53. The number of nitriles is 1. The number of thioether (sulfide) groups is 1. The number of aryl methyl sites for hydroxylation is 1. The number of Topliss-reactive ketones (excluding diaryl/α,β-unsaturated/α-hetero) is 1. The quantitative estimate of drug-likeness (QED) is 0.479. The fraction of sp³-hybridized carbons (Fsp3) is 0.409. The molecule has 7 nitrogen and oxygen atoms in total. The Balaban J connectivity index is 1.62. The van der Waals surface area contributed by atoms with Crippen molar-refractivity contribution in [3.63, 3.8) is 0 Å². The molecule has 0 aromatic heterocycles. The first-order chi connectivity index (χ1) is 14.6. The molecule has 2 bridgehead atoms. The third-order valence-electron chi connectivity index (χ3n) is 6.68. The van der Waals surface area contributed by atoms with E-state index in [1.807, 2.05) is 45.0 Å². The normalized spacial score (nSPS) is 29.4. The van der Waals surface area contributed by atoms with E-state index >= 15 is 0 Å². The molecule has 0 radical (unpaired) electrons. The Hall–Kier alpha value is -2.41. The van der Waals surface area contributed by atoms with Gasteiger partial charge < -0.3 is 0 Å². The van der Waals surface area contributed by atoms with Crippen molar-refractivity contribution in [1.29, 1.82) is 5.26 Å². The summed E-state index contributed by atoms with van der Waals surface area (Å²) in [5, 5.41) is 15.4.